The summed E-state index contributed by atoms with van der Waals surface area (Å²) in [6, 6.07) is 1.66. The summed E-state index contributed by atoms with van der Waals surface area (Å²) in [5, 5.41) is 10.4. The molecule has 0 fully saturated rings. The third-order valence-electron chi connectivity index (χ3n) is 2.59. The summed E-state index contributed by atoms with van der Waals surface area (Å²) in [6.07, 6.45) is 0. The van der Waals surface area contributed by atoms with Gasteiger partial charge in [-0.1, -0.05) is 6.92 Å². The minimum atomic E-state index is -1.56. The zero-order valence-electron chi connectivity index (χ0n) is 10.4. The molecule has 1 unspecified atom stereocenters. The van der Waals surface area contributed by atoms with Gasteiger partial charge < -0.3 is 9.73 Å². The van der Waals surface area contributed by atoms with Crippen LogP contribution in [0.15, 0.2) is 16.5 Å². The predicted octanol–water partition coefficient (Wildman–Crippen LogP) is 2.82. The Balaban J connectivity index is 2.36. The van der Waals surface area contributed by atoms with Gasteiger partial charge in [0, 0.05) is 0 Å². The Labute approximate surface area is 107 Å². The third-order valence-corrected chi connectivity index (χ3v) is 2.59. The first kappa shape index (κ1) is 13.5. The number of nitrogens with one attached hydrogen (secondary N) is 1. The van der Waals surface area contributed by atoms with Crippen molar-refractivity contribution in [2.24, 2.45) is 0 Å². The zero-order valence-corrected chi connectivity index (χ0v) is 10.4. The first-order valence-electron chi connectivity index (χ1n) is 5.75. The molecule has 0 amide bonds. The Morgan fingerprint density at radius 2 is 1.95 bits per heavy atom. The van der Waals surface area contributed by atoms with Crippen LogP contribution in [0.3, 0.4) is 0 Å². The minimum absolute atomic E-state index is 0.184. The highest BCUT2D eigenvalue weighted by Gasteiger charge is 2.20. The second-order valence-corrected chi connectivity index (χ2v) is 3.95. The van der Waals surface area contributed by atoms with Gasteiger partial charge in [-0.15, -0.1) is 10.2 Å². The highest BCUT2D eigenvalue weighted by Crippen LogP contribution is 2.26. The molecule has 0 bridgehead atoms. The van der Waals surface area contributed by atoms with Crippen molar-refractivity contribution in [2.75, 3.05) is 6.54 Å². The maximum atomic E-state index is 13.5. The maximum Gasteiger partial charge on any atom is 0.250 e. The molecule has 19 heavy (non-hydrogen) atoms. The van der Waals surface area contributed by atoms with Crippen LogP contribution >= 0.6 is 0 Å². The van der Waals surface area contributed by atoms with Crippen molar-refractivity contribution in [3.63, 3.8) is 0 Å². The van der Waals surface area contributed by atoms with E-state index >= 15 is 0 Å². The topological polar surface area (TPSA) is 51.0 Å². The van der Waals surface area contributed by atoms with E-state index in [1.54, 1.807) is 6.92 Å². The molecule has 0 spiro atoms. The standard InChI is InChI=1S/C12H12F3N3O/c1-3-16-6(2)11-17-18-12(19-11)7-4-5-8(13)10(15)9(7)14/h4-6,16H,3H2,1-2H3. The smallest absolute Gasteiger partial charge is 0.250 e. The number of hydrogen-bond acceptors (Lipinski definition) is 4. The summed E-state index contributed by atoms with van der Waals surface area (Å²) in [5.41, 5.74) is -0.263. The van der Waals surface area contributed by atoms with E-state index < -0.39 is 17.5 Å². The summed E-state index contributed by atoms with van der Waals surface area (Å²) in [4.78, 5) is 0. The van der Waals surface area contributed by atoms with Crippen molar-refractivity contribution in [1.82, 2.24) is 15.5 Å². The second kappa shape index (κ2) is 5.40. The maximum absolute atomic E-state index is 13.5. The Bertz CT molecular complexity index is 586. The fourth-order valence-electron chi connectivity index (χ4n) is 1.60. The molecule has 1 N–H and O–H groups in total. The van der Waals surface area contributed by atoms with Crippen LogP contribution in [0.2, 0.25) is 0 Å². The highest BCUT2D eigenvalue weighted by atomic mass is 19.2. The van der Waals surface area contributed by atoms with Gasteiger partial charge in [-0.25, -0.2) is 13.2 Å². The van der Waals surface area contributed by atoms with Gasteiger partial charge in [0.05, 0.1) is 11.6 Å². The van der Waals surface area contributed by atoms with E-state index in [1.165, 1.54) is 0 Å². The van der Waals surface area contributed by atoms with Gasteiger partial charge in [0.2, 0.25) is 5.89 Å². The molecule has 1 aromatic carbocycles. The Hall–Kier alpha value is -1.89. The Morgan fingerprint density at radius 1 is 1.21 bits per heavy atom. The number of aromatic nitrogens is 2. The summed E-state index contributed by atoms with van der Waals surface area (Å²) in [7, 11) is 0. The lowest BCUT2D eigenvalue weighted by atomic mass is 10.2. The molecule has 2 rings (SSSR count). The lowest BCUT2D eigenvalue weighted by molar-refractivity contribution is 0.422. The first-order valence-corrected chi connectivity index (χ1v) is 5.75. The number of halogens is 3. The molecule has 1 aromatic heterocycles. The lowest BCUT2D eigenvalue weighted by Gasteiger charge is -2.05. The summed E-state index contributed by atoms with van der Waals surface area (Å²) in [5.74, 6) is -4.09. The van der Waals surface area contributed by atoms with E-state index in [2.05, 4.69) is 15.5 Å². The third kappa shape index (κ3) is 2.60. The van der Waals surface area contributed by atoms with Crippen molar-refractivity contribution >= 4 is 0 Å². The zero-order chi connectivity index (χ0) is 14.0. The van der Waals surface area contributed by atoms with Crippen LogP contribution in [0, 0.1) is 17.5 Å². The van der Waals surface area contributed by atoms with E-state index in [4.69, 9.17) is 4.42 Å². The fraction of sp³-hybridized carbons (Fsp3) is 0.333. The normalized spacial score (nSPS) is 12.7. The SMILES string of the molecule is CCNC(C)c1nnc(-c2ccc(F)c(F)c2F)o1. The molecule has 0 radical (unpaired) electrons. The number of hydrogen-bond donors (Lipinski definition) is 1. The van der Waals surface area contributed by atoms with E-state index in [1.807, 2.05) is 6.92 Å². The van der Waals surface area contributed by atoms with Gasteiger partial charge in [-0.05, 0) is 25.6 Å². The lowest BCUT2D eigenvalue weighted by Crippen LogP contribution is -2.17. The molecular weight excluding hydrogens is 259 g/mol. The Kier molecular flexibility index (Phi) is 3.84. The van der Waals surface area contributed by atoms with E-state index in [0.29, 0.717) is 6.54 Å². The van der Waals surface area contributed by atoms with Crippen molar-refractivity contribution in [3.05, 3.63) is 35.5 Å². The van der Waals surface area contributed by atoms with Crippen molar-refractivity contribution in [2.45, 2.75) is 19.9 Å². The van der Waals surface area contributed by atoms with Crippen LogP contribution in [0.25, 0.3) is 11.5 Å². The molecule has 7 heteroatoms. The molecule has 0 aliphatic carbocycles. The van der Waals surface area contributed by atoms with Crippen LogP contribution in [-0.4, -0.2) is 16.7 Å². The molecule has 2 aromatic rings. The quantitative estimate of drug-likeness (QED) is 0.869. The molecule has 0 aliphatic heterocycles. The van der Waals surface area contributed by atoms with Gasteiger partial charge in [-0.2, -0.15) is 0 Å². The number of benzene rings is 1. The summed E-state index contributed by atoms with van der Waals surface area (Å²) >= 11 is 0. The van der Waals surface area contributed by atoms with Gasteiger partial charge in [0.1, 0.15) is 0 Å². The van der Waals surface area contributed by atoms with Gasteiger partial charge >= 0.3 is 0 Å². The summed E-state index contributed by atoms with van der Waals surface area (Å²) in [6.45, 7) is 4.39. The second-order valence-electron chi connectivity index (χ2n) is 3.95. The average molecular weight is 271 g/mol. The van der Waals surface area contributed by atoms with Crippen LogP contribution in [0.1, 0.15) is 25.8 Å². The molecule has 1 atom stereocenters. The minimum Gasteiger partial charge on any atom is -0.419 e. The monoisotopic (exact) mass is 271 g/mol. The van der Waals surface area contributed by atoms with Gasteiger partial charge in [0.15, 0.2) is 17.5 Å². The van der Waals surface area contributed by atoms with Crippen LogP contribution < -0.4 is 5.32 Å². The highest BCUT2D eigenvalue weighted by molar-refractivity contribution is 5.53. The largest absolute Gasteiger partial charge is 0.419 e. The van der Waals surface area contributed by atoms with Gasteiger partial charge in [-0.3, -0.25) is 0 Å². The molecule has 1 heterocycles. The fourth-order valence-corrected chi connectivity index (χ4v) is 1.60. The van der Waals surface area contributed by atoms with Crippen molar-refractivity contribution in [1.29, 1.82) is 0 Å². The molecule has 0 saturated carbocycles. The first-order chi connectivity index (χ1) is 9.04. The van der Waals surface area contributed by atoms with Crippen molar-refractivity contribution in [3.8, 4) is 11.5 Å². The molecule has 0 saturated heterocycles. The molecule has 102 valence electrons. The van der Waals surface area contributed by atoms with Crippen LogP contribution in [0.5, 0.6) is 0 Å². The van der Waals surface area contributed by atoms with E-state index in [-0.39, 0.29) is 23.4 Å². The summed E-state index contributed by atoms with van der Waals surface area (Å²) < 4.78 is 44.7. The van der Waals surface area contributed by atoms with Crippen LogP contribution in [0.4, 0.5) is 13.2 Å². The van der Waals surface area contributed by atoms with E-state index in [0.717, 1.165) is 12.1 Å². The molecule has 4 nitrogen and oxygen atoms in total. The number of rotatable bonds is 4. The molecule has 0 aliphatic rings. The van der Waals surface area contributed by atoms with Crippen LogP contribution in [-0.2, 0) is 0 Å². The Morgan fingerprint density at radius 3 is 2.63 bits per heavy atom. The predicted molar refractivity (Wildman–Crippen MR) is 61.7 cm³/mol. The van der Waals surface area contributed by atoms with Gasteiger partial charge in [0.25, 0.3) is 5.89 Å². The molecular formula is C12H12F3N3O. The average Bonchev–Trinajstić information content (AvgIpc) is 2.86. The van der Waals surface area contributed by atoms with E-state index in [9.17, 15) is 13.2 Å². The van der Waals surface area contributed by atoms with Crippen molar-refractivity contribution < 1.29 is 17.6 Å². The number of nitrogens with zero attached hydrogens (tertiary/aromatic N) is 2.